The number of carbonyl (C=O) groups excluding carboxylic acids is 1. The number of hydrogen-bond donors (Lipinski definition) is 3. The fraction of sp³-hybridized carbons (Fsp3) is 0.300. The number of nitrogen functional groups attached to an aromatic ring is 1. The molecule has 0 fully saturated rings. The van der Waals surface area contributed by atoms with E-state index >= 15 is 0 Å². The van der Waals surface area contributed by atoms with Gasteiger partial charge in [-0.1, -0.05) is 0 Å². The number of benzene rings is 1. The zero-order valence-electron chi connectivity index (χ0n) is 8.33. The van der Waals surface area contributed by atoms with E-state index in [9.17, 15) is 9.18 Å². The molecule has 1 aromatic carbocycles. The highest BCUT2D eigenvalue weighted by Gasteiger charge is 2.10. The quantitative estimate of drug-likeness (QED) is 0.639. The summed E-state index contributed by atoms with van der Waals surface area (Å²) < 4.78 is 13.0. The first-order valence-electron chi connectivity index (χ1n) is 4.51. The van der Waals surface area contributed by atoms with Gasteiger partial charge in [-0.3, -0.25) is 4.79 Å². The van der Waals surface area contributed by atoms with Gasteiger partial charge in [0, 0.05) is 11.6 Å². The molecule has 0 saturated carbocycles. The molecule has 0 radical (unpaired) electrons. The molecule has 0 aliphatic rings. The topological polar surface area (TPSA) is 75.3 Å². The molecule has 0 aliphatic carbocycles. The highest BCUT2D eigenvalue weighted by atomic mass is 19.1. The van der Waals surface area contributed by atoms with Crippen molar-refractivity contribution in [3.63, 3.8) is 0 Å². The largest absolute Gasteiger partial charge is 0.396 e. The molecule has 0 unspecified atom stereocenters. The Kier molecular flexibility index (Phi) is 3.62. The molecule has 0 spiro atoms. The maximum absolute atomic E-state index is 13.0. The third kappa shape index (κ3) is 2.92. The highest BCUT2D eigenvalue weighted by molar-refractivity contribution is 5.94. The molecule has 1 rings (SSSR count). The molecule has 4 N–H and O–H groups in total. The number of rotatable bonds is 3. The second kappa shape index (κ2) is 4.75. The summed E-state index contributed by atoms with van der Waals surface area (Å²) in [4.78, 5) is 11.4. The van der Waals surface area contributed by atoms with E-state index < -0.39 is 11.7 Å². The van der Waals surface area contributed by atoms with Crippen molar-refractivity contribution in [2.24, 2.45) is 0 Å². The number of anilines is 1. The molecule has 5 heteroatoms. The van der Waals surface area contributed by atoms with Crippen LogP contribution in [0.15, 0.2) is 18.2 Å². The zero-order chi connectivity index (χ0) is 11.4. The minimum Gasteiger partial charge on any atom is -0.396 e. The number of halogens is 1. The van der Waals surface area contributed by atoms with Crippen LogP contribution in [0.4, 0.5) is 10.1 Å². The Morgan fingerprint density at radius 1 is 1.67 bits per heavy atom. The molecule has 0 bridgehead atoms. The van der Waals surface area contributed by atoms with Gasteiger partial charge in [0.05, 0.1) is 12.3 Å². The van der Waals surface area contributed by atoms with Crippen LogP contribution < -0.4 is 11.1 Å². The molecule has 0 saturated heterocycles. The molecule has 1 amide bonds. The molecule has 15 heavy (non-hydrogen) atoms. The van der Waals surface area contributed by atoms with E-state index in [1.807, 2.05) is 0 Å². The lowest BCUT2D eigenvalue weighted by atomic mass is 10.2. The molecule has 4 nitrogen and oxygen atoms in total. The third-order valence-corrected chi connectivity index (χ3v) is 1.91. The van der Waals surface area contributed by atoms with Gasteiger partial charge in [0.1, 0.15) is 5.82 Å². The van der Waals surface area contributed by atoms with E-state index in [-0.39, 0.29) is 23.9 Å². The fourth-order valence-corrected chi connectivity index (χ4v) is 1.02. The predicted molar refractivity (Wildman–Crippen MR) is 54.8 cm³/mol. The van der Waals surface area contributed by atoms with E-state index in [1.165, 1.54) is 12.1 Å². The second-order valence-electron chi connectivity index (χ2n) is 3.29. The van der Waals surface area contributed by atoms with Gasteiger partial charge in [-0.05, 0) is 25.1 Å². The van der Waals surface area contributed by atoms with Crippen LogP contribution in [0.25, 0.3) is 0 Å². The summed E-state index contributed by atoms with van der Waals surface area (Å²) in [6, 6.07) is 3.46. The summed E-state index contributed by atoms with van der Waals surface area (Å²) in [5.74, 6) is -1.06. The van der Waals surface area contributed by atoms with E-state index in [4.69, 9.17) is 10.8 Å². The summed E-state index contributed by atoms with van der Waals surface area (Å²) in [7, 11) is 0. The Bertz CT molecular complexity index is 368. The van der Waals surface area contributed by atoms with Crippen molar-refractivity contribution < 1.29 is 14.3 Å². The van der Waals surface area contributed by atoms with E-state index in [2.05, 4.69) is 5.32 Å². The Hall–Kier alpha value is -1.62. The minimum atomic E-state index is -0.626. The van der Waals surface area contributed by atoms with E-state index in [1.54, 1.807) is 6.92 Å². The molecule has 1 aromatic rings. The number of carbonyl (C=O) groups is 1. The lowest BCUT2D eigenvalue weighted by molar-refractivity contribution is 0.0922. The monoisotopic (exact) mass is 212 g/mol. The van der Waals surface area contributed by atoms with Crippen molar-refractivity contribution in [3.05, 3.63) is 29.6 Å². The average molecular weight is 212 g/mol. The predicted octanol–water partition coefficient (Wildman–Crippen LogP) is 0.519. The summed E-state index contributed by atoms with van der Waals surface area (Å²) in [5, 5.41) is 11.2. The van der Waals surface area contributed by atoms with Gasteiger partial charge in [0.2, 0.25) is 0 Å². The minimum absolute atomic E-state index is 0.00163. The number of nitrogens with one attached hydrogen (secondary N) is 1. The van der Waals surface area contributed by atoms with Crippen LogP contribution in [0.5, 0.6) is 0 Å². The van der Waals surface area contributed by atoms with Crippen molar-refractivity contribution in [1.29, 1.82) is 0 Å². The van der Waals surface area contributed by atoms with Crippen LogP contribution in [-0.2, 0) is 0 Å². The number of nitrogens with two attached hydrogens (primary N) is 1. The van der Waals surface area contributed by atoms with Crippen molar-refractivity contribution in [2.75, 3.05) is 12.3 Å². The molecular weight excluding hydrogens is 199 g/mol. The lowest BCUT2D eigenvalue weighted by Crippen LogP contribution is -2.35. The van der Waals surface area contributed by atoms with Gasteiger partial charge in [0.25, 0.3) is 5.91 Å². The van der Waals surface area contributed by atoms with Crippen LogP contribution >= 0.6 is 0 Å². The summed E-state index contributed by atoms with van der Waals surface area (Å²) >= 11 is 0. The molecule has 0 aliphatic heterocycles. The van der Waals surface area contributed by atoms with Crippen LogP contribution in [0, 0.1) is 5.82 Å². The smallest absolute Gasteiger partial charge is 0.251 e. The first-order valence-corrected chi connectivity index (χ1v) is 4.51. The highest BCUT2D eigenvalue weighted by Crippen LogP contribution is 2.11. The zero-order valence-corrected chi connectivity index (χ0v) is 8.33. The number of aliphatic hydroxyl groups excluding tert-OH is 1. The second-order valence-corrected chi connectivity index (χ2v) is 3.29. The normalized spacial score (nSPS) is 12.2. The van der Waals surface area contributed by atoms with Crippen molar-refractivity contribution >= 4 is 11.6 Å². The SMILES string of the molecule is C[C@H](CO)NC(=O)c1ccc(N)c(F)c1. The lowest BCUT2D eigenvalue weighted by Gasteiger charge is -2.10. The first kappa shape index (κ1) is 11.5. The summed E-state index contributed by atoms with van der Waals surface area (Å²) in [6.07, 6.45) is 0. The van der Waals surface area contributed by atoms with Gasteiger partial charge >= 0.3 is 0 Å². The van der Waals surface area contributed by atoms with Crippen molar-refractivity contribution in [3.8, 4) is 0 Å². The summed E-state index contributed by atoms with van der Waals surface area (Å²) in [6.45, 7) is 1.48. The number of hydrogen-bond acceptors (Lipinski definition) is 3. The van der Waals surface area contributed by atoms with E-state index in [0.29, 0.717) is 0 Å². The molecule has 0 heterocycles. The van der Waals surface area contributed by atoms with Crippen molar-refractivity contribution in [1.82, 2.24) is 5.32 Å². The van der Waals surface area contributed by atoms with Gasteiger partial charge in [-0.15, -0.1) is 0 Å². The fourth-order valence-electron chi connectivity index (χ4n) is 1.02. The third-order valence-electron chi connectivity index (χ3n) is 1.91. The Morgan fingerprint density at radius 3 is 2.87 bits per heavy atom. The van der Waals surface area contributed by atoms with Gasteiger partial charge in [-0.2, -0.15) is 0 Å². The number of amides is 1. The Labute approximate surface area is 86.9 Å². The number of aliphatic hydroxyl groups is 1. The maximum Gasteiger partial charge on any atom is 0.251 e. The standard InChI is InChI=1S/C10H13FN2O2/c1-6(5-14)13-10(15)7-2-3-9(12)8(11)4-7/h2-4,6,14H,5,12H2,1H3,(H,13,15)/t6-/m1/s1. The van der Waals surface area contributed by atoms with E-state index in [0.717, 1.165) is 6.07 Å². The van der Waals surface area contributed by atoms with Crippen LogP contribution in [0.1, 0.15) is 17.3 Å². The Balaban J connectivity index is 2.78. The maximum atomic E-state index is 13.0. The molecule has 82 valence electrons. The van der Waals surface area contributed by atoms with Crippen LogP contribution in [-0.4, -0.2) is 23.7 Å². The summed E-state index contributed by atoms with van der Waals surface area (Å²) in [5.41, 5.74) is 5.45. The van der Waals surface area contributed by atoms with Crippen molar-refractivity contribution in [2.45, 2.75) is 13.0 Å². The molecule has 0 aromatic heterocycles. The van der Waals surface area contributed by atoms with Crippen LogP contribution in [0.3, 0.4) is 0 Å². The first-order chi connectivity index (χ1) is 7.04. The van der Waals surface area contributed by atoms with Gasteiger partial charge < -0.3 is 16.2 Å². The molecular formula is C10H13FN2O2. The van der Waals surface area contributed by atoms with Crippen LogP contribution in [0.2, 0.25) is 0 Å². The Morgan fingerprint density at radius 2 is 2.33 bits per heavy atom. The van der Waals surface area contributed by atoms with Gasteiger partial charge in [-0.25, -0.2) is 4.39 Å². The van der Waals surface area contributed by atoms with Gasteiger partial charge in [0.15, 0.2) is 0 Å². The average Bonchev–Trinajstić information content (AvgIpc) is 2.21. The molecule has 1 atom stereocenters.